The fraction of sp³-hybridized carbons (Fsp3) is 0.375. The van der Waals surface area contributed by atoms with E-state index >= 15 is 0 Å². The maximum absolute atomic E-state index is 12.6. The van der Waals surface area contributed by atoms with Crippen molar-refractivity contribution in [3.63, 3.8) is 0 Å². The molecule has 1 amide bonds. The zero-order chi connectivity index (χ0) is 22.1. The Balaban J connectivity index is 1.43. The van der Waals surface area contributed by atoms with Gasteiger partial charge in [0.2, 0.25) is 15.9 Å². The van der Waals surface area contributed by atoms with Gasteiger partial charge >= 0.3 is 0 Å². The highest BCUT2D eigenvalue weighted by Crippen LogP contribution is 2.13. The summed E-state index contributed by atoms with van der Waals surface area (Å²) in [7, 11) is -3.57. The van der Waals surface area contributed by atoms with Crippen molar-refractivity contribution in [2.24, 2.45) is 0 Å². The molecule has 1 aliphatic rings. The van der Waals surface area contributed by atoms with Crippen LogP contribution in [-0.2, 0) is 21.4 Å². The summed E-state index contributed by atoms with van der Waals surface area (Å²) in [5.41, 5.74) is 3.41. The van der Waals surface area contributed by atoms with Crippen LogP contribution in [-0.4, -0.2) is 56.8 Å². The van der Waals surface area contributed by atoms with Crippen molar-refractivity contribution in [1.29, 1.82) is 0 Å². The molecule has 0 unspecified atom stereocenters. The molecule has 2 aromatic carbocycles. The largest absolute Gasteiger partial charge is 0.341 e. The van der Waals surface area contributed by atoms with E-state index < -0.39 is 10.0 Å². The number of rotatable bonds is 8. The molecule has 2 aromatic rings. The number of hydrogen-bond acceptors (Lipinski definition) is 4. The van der Waals surface area contributed by atoms with Crippen LogP contribution in [0.2, 0.25) is 0 Å². The van der Waals surface area contributed by atoms with Crippen LogP contribution in [0.4, 0.5) is 0 Å². The van der Waals surface area contributed by atoms with Gasteiger partial charge < -0.3 is 4.90 Å². The van der Waals surface area contributed by atoms with Crippen molar-refractivity contribution < 1.29 is 13.2 Å². The molecule has 1 saturated heterocycles. The summed E-state index contributed by atoms with van der Waals surface area (Å²) >= 11 is 0. The molecule has 6 nitrogen and oxygen atoms in total. The molecule has 0 spiro atoms. The summed E-state index contributed by atoms with van der Waals surface area (Å²) in [6.45, 7) is 6.28. The average Bonchev–Trinajstić information content (AvgIpc) is 3.00. The van der Waals surface area contributed by atoms with E-state index in [1.807, 2.05) is 41.3 Å². The SMILES string of the molecule is Cc1ccccc1CN1CCCN(C(=O)CCNS(=O)(=O)/C=C/c2ccccc2)CC1. The van der Waals surface area contributed by atoms with Gasteiger partial charge in [-0.2, -0.15) is 0 Å². The highest BCUT2D eigenvalue weighted by atomic mass is 32.2. The van der Waals surface area contributed by atoms with Gasteiger partial charge in [-0.1, -0.05) is 54.6 Å². The molecule has 1 N–H and O–H groups in total. The molecular formula is C24H31N3O3S. The maximum Gasteiger partial charge on any atom is 0.233 e. The molecule has 0 aromatic heterocycles. The molecule has 7 heteroatoms. The Morgan fingerprint density at radius 3 is 2.52 bits per heavy atom. The number of aryl methyl sites for hydroxylation is 1. The van der Waals surface area contributed by atoms with Gasteiger partial charge in [0.15, 0.2) is 0 Å². The molecule has 1 fully saturated rings. The van der Waals surface area contributed by atoms with Crippen LogP contribution in [0, 0.1) is 6.92 Å². The zero-order valence-electron chi connectivity index (χ0n) is 18.0. The van der Waals surface area contributed by atoms with Crippen molar-refractivity contribution >= 4 is 22.0 Å². The van der Waals surface area contributed by atoms with E-state index in [9.17, 15) is 13.2 Å². The summed E-state index contributed by atoms with van der Waals surface area (Å²) in [6, 6.07) is 17.6. The summed E-state index contributed by atoms with van der Waals surface area (Å²) in [5.74, 6) is -0.00696. The number of sulfonamides is 1. The molecular weight excluding hydrogens is 410 g/mol. The van der Waals surface area contributed by atoms with Gasteiger partial charge in [-0.05, 0) is 36.1 Å². The van der Waals surface area contributed by atoms with Gasteiger partial charge in [0, 0.05) is 51.1 Å². The van der Waals surface area contributed by atoms with Crippen LogP contribution in [0.25, 0.3) is 6.08 Å². The molecule has 0 atom stereocenters. The Morgan fingerprint density at radius 1 is 1.00 bits per heavy atom. The standard InChI is InChI=1S/C24H31N3O3S/c1-21-8-5-6-11-23(21)20-26-15-7-16-27(18-17-26)24(28)12-14-25-31(29,30)19-13-22-9-3-2-4-10-22/h2-6,8-11,13,19,25H,7,12,14-18,20H2,1H3/b19-13+. The van der Waals surface area contributed by atoms with Crippen molar-refractivity contribution in [2.45, 2.75) is 26.3 Å². The molecule has 166 valence electrons. The normalized spacial score (nSPS) is 15.8. The van der Waals surface area contributed by atoms with Crippen LogP contribution in [0.15, 0.2) is 60.0 Å². The molecule has 0 bridgehead atoms. The molecule has 0 aliphatic carbocycles. The van der Waals surface area contributed by atoms with E-state index in [2.05, 4.69) is 34.7 Å². The second-order valence-electron chi connectivity index (χ2n) is 7.84. The highest BCUT2D eigenvalue weighted by molar-refractivity contribution is 7.92. The lowest BCUT2D eigenvalue weighted by Crippen LogP contribution is -2.37. The molecule has 0 saturated carbocycles. The van der Waals surface area contributed by atoms with Gasteiger partial charge in [-0.25, -0.2) is 13.1 Å². The van der Waals surface area contributed by atoms with E-state index in [0.29, 0.717) is 13.1 Å². The average molecular weight is 442 g/mol. The molecule has 31 heavy (non-hydrogen) atoms. The third-order valence-electron chi connectivity index (χ3n) is 5.48. The first kappa shape index (κ1) is 23.2. The predicted octanol–water partition coefficient (Wildman–Crippen LogP) is 3.01. The highest BCUT2D eigenvalue weighted by Gasteiger charge is 2.19. The van der Waals surface area contributed by atoms with E-state index in [1.54, 1.807) is 6.08 Å². The molecule has 0 radical (unpaired) electrons. The first-order chi connectivity index (χ1) is 14.9. The lowest BCUT2D eigenvalue weighted by molar-refractivity contribution is -0.130. The molecule has 3 rings (SSSR count). The fourth-order valence-corrected chi connectivity index (χ4v) is 4.46. The summed E-state index contributed by atoms with van der Waals surface area (Å²) < 4.78 is 26.8. The number of nitrogens with zero attached hydrogens (tertiary/aromatic N) is 2. The minimum Gasteiger partial charge on any atom is -0.341 e. The van der Waals surface area contributed by atoms with Crippen molar-refractivity contribution in [2.75, 3.05) is 32.7 Å². The maximum atomic E-state index is 12.6. The lowest BCUT2D eigenvalue weighted by atomic mass is 10.1. The summed E-state index contributed by atoms with van der Waals surface area (Å²) in [4.78, 5) is 16.8. The Hall–Kier alpha value is -2.48. The Morgan fingerprint density at radius 2 is 1.74 bits per heavy atom. The molecule has 1 heterocycles. The number of carbonyl (C=O) groups is 1. The van der Waals surface area contributed by atoms with E-state index in [-0.39, 0.29) is 18.9 Å². The summed E-state index contributed by atoms with van der Waals surface area (Å²) in [6.07, 6.45) is 2.63. The van der Waals surface area contributed by atoms with E-state index in [1.165, 1.54) is 11.1 Å². The van der Waals surface area contributed by atoms with Crippen molar-refractivity contribution in [3.05, 3.63) is 76.7 Å². The van der Waals surface area contributed by atoms with E-state index in [4.69, 9.17) is 0 Å². The Kier molecular flexibility index (Phi) is 8.40. The number of benzene rings is 2. The third kappa shape index (κ3) is 7.61. The fourth-order valence-electron chi connectivity index (χ4n) is 3.65. The predicted molar refractivity (Wildman–Crippen MR) is 125 cm³/mol. The third-order valence-corrected chi connectivity index (χ3v) is 6.58. The number of nitrogens with one attached hydrogen (secondary N) is 1. The minimum absolute atomic E-state index is 0.00696. The zero-order valence-corrected chi connectivity index (χ0v) is 18.9. The lowest BCUT2D eigenvalue weighted by Gasteiger charge is -2.22. The smallest absolute Gasteiger partial charge is 0.233 e. The van der Waals surface area contributed by atoms with Gasteiger partial charge in [0.05, 0.1) is 0 Å². The van der Waals surface area contributed by atoms with Gasteiger partial charge in [-0.3, -0.25) is 9.69 Å². The monoisotopic (exact) mass is 441 g/mol. The van der Waals surface area contributed by atoms with E-state index in [0.717, 1.165) is 37.0 Å². The molecule has 1 aliphatic heterocycles. The van der Waals surface area contributed by atoms with Gasteiger partial charge in [0.1, 0.15) is 0 Å². The summed E-state index contributed by atoms with van der Waals surface area (Å²) in [5, 5.41) is 1.14. The van der Waals surface area contributed by atoms with Crippen LogP contribution < -0.4 is 4.72 Å². The second-order valence-corrected chi connectivity index (χ2v) is 9.49. The first-order valence-electron chi connectivity index (χ1n) is 10.7. The van der Waals surface area contributed by atoms with Crippen LogP contribution in [0.1, 0.15) is 29.5 Å². The topological polar surface area (TPSA) is 69.7 Å². The first-order valence-corrected chi connectivity index (χ1v) is 12.2. The van der Waals surface area contributed by atoms with Crippen LogP contribution in [0.3, 0.4) is 0 Å². The minimum atomic E-state index is -3.57. The van der Waals surface area contributed by atoms with Crippen molar-refractivity contribution in [3.8, 4) is 0 Å². The second kappa shape index (κ2) is 11.2. The number of carbonyl (C=O) groups excluding carboxylic acids is 1. The Bertz CT molecular complexity index is 990. The number of amides is 1. The Labute approximate surface area is 185 Å². The quantitative estimate of drug-likeness (QED) is 0.684. The van der Waals surface area contributed by atoms with Crippen molar-refractivity contribution in [1.82, 2.24) is 14.5 Å². The van der Waals surface area contributed by atoms with Gasteiger partial charge in [-0.15, -0.1) is 0 Å². The van der Waals surface area contributed by atoms with Gasteiger partial charge in [0.25, 0.3) is 0 Å². The van der Waals surface area contributed by atoms with Crippen LogP contribution in [0.5, 0.6) is 0 Å². The number of hydrogen-bond donors (Lipinski definition) is 1. The van der Waals surface area contributed by atoms with Crippen LogP contribution >= 0.6 is 0 Å².